The Morgan fingerprint density at radius 2 is 1.94 bits per heavy atom. The molecule has 0 amide bonds. The maximum absolute atomic E-state index is 6.25. The van der Waals surface area contributed by atoms with Crippen LogP contribution in [0, 0.1) is 0 Å². The van der Waals surface area contributed by atoms with Crippen molar-refractivity contribution in [1.29, 1.82) is 0 Å². The molecular formula is C13H18Cl2N2. The lowest BCUT2D eigenvalue weighted by atomic mass is 10.2. The van der Waals surface area contributed by atoms with E-state index >= 15 is 0 Å². The van der Waals surface area contributed by atoms with Crippen LogP contribution in [0.15, 0.2) is 24.3 Å². The van der Waals surface area contributed by atoms with Gasteiger partial charge in [0, 0.05) is 36.9 Å². The summed E-state index contributed by atoms with van der Waals surface area (Å²) in [5, 5.41) is 0.800. The average Bonchev–Trinajstić information content (AvgIpc) is 2.38. The lowest BCUT2D eigenvalue weighted by molar-refractivity contribution is 0.233. The van der Waals surface area contributed by atoms with Crippen molar-refractivity contribution in [3.63, 3.8) is 0 Å². The van der Waals surface area contributed by atoms with Gasteiger partial charge in [0.2, 0.25) is 0 Å². The Morgan fingerprint density at radius 1 is 1.24 bits per heavy atom. The summed E-state index contributed by atoms with van der Waals surface area (Å²) in [6, 6.07) is 8.04. The van der Waals surface area contributed by atoms with Crippen molar-refractivity contribution in [3.8, 4) is 0 Å². The molecule has 1 aromatic rings. The average molecular weight is 273 g/mol. The van der Waals surface area contributed by atoms with Crippen LogP contribution in [0.2, 0.25) is 5.02 Å². The second-order valence-corrected chi connectivity index (χ2v) is 5.29. The number of rotatable bonds is 3. The molecule has 0 aromatic heterocycles. The van der Waals surface area contributed by atoms with Crippen molar-refractivity contribution < 1.29 is 0 Å². The zero-order valence-electron chi connectivity index (χ0n) is 10.1. The Bertz CT molecular complexity index is 362. The van der Waals surface area contributed by atoms with E-state index in [1.807, 2.05) is 18.2 Å². The molecule has 17 heavy (non-hydrogen) atoms. The molecule has 2 rings (SSSR count). The standard InChI is InChI=1S/C13H18Cl2N2/c1-2-13(15)17-8-6-16(7-9-17)12-5-3-4-11(14)10-12/h3-5,10,13H,2,6-9H2,1H3. The SMILES string of the molecule is CCC(Cl)N1CCN(c2cccc(Cl)c2)CC1. The Kier molecular flexibility index (Phi) is 4.55. The number of benzene rings is 1. The van der Waals surface area contributed by atoms with Gasteiger partial charge < -0.3 is 4.90 Å². The number of hydrogen-bond donors (Lipinski definition) is 0. The summed E-state index contributed by atoms with van der Waals surface area (Å²) in [4.78, 5) is 4.70. The van der Waals surface area contributed by atoms with E-state index in [-0.39, 0.29) is 5.50 Å². The smallest absolute Gasteiger partial charge is 0.0848 e. The van der Waals surface area contributed by atoms with E-state index in [4.69, 9.17) is 23.2 Å². The highest BCUT2D eigenvalue weighted by Crippen LogP contribution is 2.22. The minimum absolute atomic E-state index is 0.177. The van der Waals surface area contributed by atoms with Gasteiger partial charge in [-0.25, -0.2) is 0 Å². The minimum atomic E-state index is 0.177. The highest BCUT2D eigenvalue weighted by atomic mass is 35.5. The quantitative estimate of drug-likeness (QED) is 0.615. The van der Waals surface area contributed by atoms with Crippen molar-refractivity contribution in [3.05, 3.63) is 29.3 Å². The van der Waals surface area contributed by atoms with Gasteiger partial charge in [-0.2, -0.15) is 0 Å². The van der Waals surface area contributed by atoms with Crippen LogP contribution in [0.4, 0.5) is 5.69 Å². The van der Waals surface area contributed by atoms with Gasteiger partial charge in [0.15, 0.2) is 0 Å². The van der Waals surface area contributed by atoms with E-state index in [0.29, 0.717) is 0 Å². The van der Waals surface area contributed by atoms with Crippen LogP contribution in [0.1, 0.15) is 13.3 Å². The first-order valence-electron chi connectivity index (χ1n) is 6.09. The summed E-state index contributed by atoms with van der Waals surface area (Å²) >= 11 is 12.3. The maximum Gasteiger partial charge on any atom is 0.0848 e. The lowest BCUT2D eigenvalue weighted by Gasteiger charge is -2.38. The molecular weight excluding hydrogens is 255 g/mol. The highest BCUT2D eigenvalue weighted by molar-refractivity contribution is 6.30. The molecule has 0 saturated carbocycles. The molecule has 0 aliphatic carbocycles. The molecule has 2 nitrogen and oxygen atoms in total. The fourth-order valence-electron chi connectivity index (χ4n) is 2.19. The van der Waals surface area contributed by atoms with Crippen LogP contribution in [-0.4, -0.2) is 36.6 Å². The van der Waals surface area contributed by atoms with Crippen molar-refractivity contribution >= 4 is 28.9 Å². The van der Waals surface area contributed by atoms with Crippen LogP contribution in [0.25, 0.3) is 0 Å². The first kappa shape index (κ1) is 13.0. The Morgan fingerprint density at radius 3 is 2.53 bits per heavy atom. The molecule has 4 heteroatoms. The molecule has 1 saturated heterocycles. The predicted molar refractivity (Wildman–Crippen MR) is 75.2 cm³/mol. The largest absolute Gasteiger partial charge is 0.369 e. The van der Waals surface area contributed by atoms with E-state index < -0.39 is 0 Å². The first-order chi connectivity index (χ1) is 8.20. The van der Waals surface area contributed by atoms with Crippen molar-refractivity contribution in [2.45, 2.75) is 18.8 Å². The molecule has 0 spiro atoms. The van der Waals surface area contributed by atoms with Crippen molar-refractivity contribution in [2.75, 3.05) is 31.1 Å². The zero-order chi connectivity index (χ0) is 12.3. The lowest BCUT2D eigenvalue weighted by Crippen LogP contribution is -2.48. The van der Waals surface area contributed by atoms with Gasteiger partial charge >= 0.3 is 0 Å². The van der Waals surface area contributed by atoms with Crippen LogP contribution in [0.5, 0.6) is 0 Å². The fraction of sp³-hybridized carbons (Fsp3) is 0.538. The Balaban J connectivity index is 1.95. The molecule has 0 N–H and O–H groups in total. The molecule has 0 bridgehead atoms. The number of nitrogens with zero attached hydrogens (tertiary/aromatic N) is 2. The topological polar surface area (TPSA) is 6.48 Å². The summed E-state index contributed by atoms with van der Waals surface area (Å²) in [6.07, 6.45) is 0.999. The van der Waals surface area contributed by atoms with Gasteiger partial charge in [-0.1, -0.05) is 24.6 Å². The van der Waals surface area contributed by atoms with Gasteiger partial charge in [-0.05, 0) is 24.6 Å². The van der Waals surface area contributed by atoms with Crippen LogP contribution in [0.3, 0.4) is 0 Å². The molecule has 1 atom stereocenters. The molecule has 1 aliphatic rings. The first-order valence-corrected chi connectivity index (χ1v) is 6.91. The summed E-state index contributed by atoms with van der Waals surface area (Å²) in [7, 11) is 0. The molecule has 1 aliphatic heterocycles. The third-order valence-electron chi connectivity index (χ3n) is 3.22. The Hall–Kier alpha value is -0.440. The number of piperazine rings is 1. The van der Waals surface area contributed by atoms with Crippen LogP contribution < -0.4 is 4.90 Å². The molecule has 0 radical (unpaired) electrons. The molecule has 1 aromatic carbocycles. The molecule has 94 valence electrons. The third kappa shape index (κ3) is 3.27. The molecule has 1 fully saturated rings. The summed E-state index contributed by atoms with van der Waals surface area (Å²) < 4.78 is 0. The number of anilines is 1. The second kappa shape index (κ2) is 5.94. The normalized spacial score (nSPS) is 19.4. The number of hydrogen-bond acceptors (Lipinski definition) is 2. The highest BCUT2D eigenvalue weighted by Gasteiger charge is 2.21. The van der Waals surface area contributed by atoms with Gasteiger partial charge in [0.1, 0.15) is 0 Å². The monoisotopic (exact) mass is 272 g/mol. The predicted octanol–water partition coefficient (Wildman–Crippen LogP) is 3.44. The third-order valence-corrected chi connectivity index (χ3v) is 4.04. The van der Waals surface area contributed by atoms with Crippen LogP contribution >= 0.6 is 23.2 Å². The van der Waals surface area contributed by atoms with Gasteiger partial charge in [0.05, 0.1) is 5.50 Å². The zero-order valence-corrected chi connectivity index (χ0v) is 11.6. The van der Waals surface area contributed by atoms with E-state index in [9.17, 15) is 0 Å². The van der Waals surface area contributed by atoms with E-state index in [1.165, 1.54) is 5.69 Å². The molecule has 1 unspecified atom stereocenters. The summed E-state index contributed by atoms with van der Waals surface area (Å²) in [5.74, 6) is 0. The summed E-state index contributed by atoms with van der Waals surface area (Å²) in [5.41, 5.74) is 1.39. The van der Waals surface area contributed by atoms with Gasteiger partial charge in [0.25, 0.3) is 0 Å². The van der Waals surface area contributed by atoms with E-state index in [1.54, 1.807) is 0 Å². The van der Waals surface area contributed by atoms with Gasteiger partial charge in [-0.3, -0.25) is 4.90 Å². The number of halogens is 2. The number of alkyl halides is 1. The van der Waals surface area contributed by atoms with E-state index in [0.717, 1.165) is 37.6 Å². The van der Waals surface area contributed by atoms with E-state index in [2.05, 4.69) is 22.8 Å². The minimum Gasteiger partial charge on any atom is -0.369 e. The van der Waals surface area contributed by atoms with Gasteiger partial charge in [-0.15, -0.1) is 11.6 Å². The maximum atomic E-state index is 6.25. The fourth-order valence-corrected chi connectivity index (χ4v) is 2.57. The Labute approximate surface area is 113 Å². The van der Waals surface area contributed by atoms with Crippen molar-refractivity contribution in [2.24, 2.45) is 0 Å². The van der Waals surface area contributed by atoms with Crippen molar-refractivity contribution in [1.82, 2.24) is 4.90 Å². The van der Waals surface area contributed by atoms with Crippen LogP contribution in [-0.2, 0) is 0 Å². The second-order valence-electron chi connectivity index (χ2n) is 4.35. The summed E-state index contributed by atoms with van der Waals surface area (Å²) in [6.45, 7) is 6.21. The molecule has 1 heterocycles.